The molecule has 0 unspecified atom stereocenters. The van der Waals surface area contributed by atoms with Crippen molar-refractivity contribution in [2.45, 2.75) is 61.7 Å². The number of sulfonamides is 1. The first-order chi connectivity index (χ1) is 15.5. The SMILES string of the molecule is O=C(NCC1(c2ccccc2)CCC1)C1CCN(S(=O)(=O)c2ccc3c(c2)CCC3)CC1. The van der Waals surface area contributed by atoms with Crippen molar-refractivity contribution in [1.29, 1.82) is 0 Å². The van der Waals surface area contributed by atoms with E-state index in [1.807, 2.05) is 18.2 Å². The van der Waals surface area contributed by atoms with E-state index in [0.29, 0.717) is 37.4 Å². The maximum absolute atomic E-state index is 13.1. The monoisotopic (exact) mass is 452 g/mol. The summed E-state index contributed by atoms with van der Waals surface area (Å²) in [7, 11) is -3.50. The van der Waals surface area contributed by atoms with Crippen molar-refractivity contribution >= 4 is 15.9 Å². The standard InChI is InChI=1S/C26H32N2O3S/c29-25(27-19-26(14-5-15-26)23-8-2-1-3-9-23)21-12-16-28(17-13-21)32(30,31)24-11-10-20-6-4-7-22(20)18-24/h1-3,8-11,18,21H,4-7,12-17,19H2,(H,27,29). The summed E-state index contributed by atoms with van der Waals surface area (Å²) in [6.07, 6.45) is 7.67. The molecule has 2 aliphatic carbocycles. The molecular weight excluding hydrogens is 420 g/mol. The lowest BCUT2D eigenvalue weighted by Crippen LogP contribution is -2.48. The van der Waals surface area contributed by atoms with Crippen molar-refractivity contribution < 1.29 is 13.2 Å². The fourth-order valence-electron chi connectivity index (χ4n) is 5.58. The summed E-state index contributed by atoms with van der Waals surface area (Å²) >= 11 is 0. The predicted octanol–water partition coefficient (Wildman–Crippen LogP) is 3.81. The van der Waals surface area contributed by atoms with Gasteiger partial charge in [-0.1, -0.05) is 42.8 Å². The highest BCUT2D eigenvalue weighted by molar-refractivity contribution is 7.89. The summed E-state index contributed by atoms with van der Waals surface area (Å²) in [5, 5.41) is 3.20. The summed E-state index contributed by atoms with van der Waals surface area (Å²) in [6.45, 7) is 1.48. The van der Waals surface area contributed by atoms with Crippen LogP contribution in [0.15, 0.2) is 53.4 Å². The Hall–Kier alpha value is -2.18. The third-order valence-electron chi connectivity index (χ3n) is 7.83. The zero-order valence-electron chi connectivity index (χ0n) is 18.6. The van der Waals surface area contributed by atoms with E-state index in [1.165, 1.54) is 23.1 Å². The first-order valence-corrected chi connectivity index (χ1v) is 13.4. The highest BCUT2D eigenvalue weighted by atomic mass is 32.2. The van der Waals surface area contributed by atoms with Gasteiger partial charge in [0, 0.05) is 31.0 Å². The van der Waals surface area contributed by atoms with Gasteiger partial charge in [0.2, 0.25) is 15.9 Å². The van der Waals surface area contributed by atoms with Crippen LogP contribution >= 0.6 is 0 Å². The number of rotatable bonds is 6. The van der Waals surface area contributed by atoms with E-state index in [4.69, 9.17) is 0 Å². The topological polar surface area (TPSA) is 66.5 Å². The van der Waals surface area contributed by atoms with Crippen molar-refractivity contribution in [3.63, 3.8) is 0 Å². The fourth-order valence-corrected chi connectivity index (χ4v) is 7.10. The minimum absolute atomic E-state index is 0.0640. The van der Waals surface area contributed by atoms with Gasteiger partial charge in [-0.2, -0.15) is 4.31 Å². The quantitative estimate of drug-likeness (QED) is 0.725. The Morgan fingerprint density at radius 2 is 1.69 bits per heavy atom. The minimum atomic E-state index is -3.50. The van der Waals surface area contributed by atoms with Crippen LogP contribution in [-0.2, 0) is 33.1 Å². The first kappa shape index (κ1) is 21.7. The second-order valence-electron chi connectivity index (χ2n) is 9.68. The van der Waals surface area contributed by atoms with Crippen LogP contribution in [0.4, 0.5) is 0 Å². The molecular formula is C26H32N2O3S. The maximum Gasteiger partial charge on any atom is 0.243 e. The van der Waals surface area contributed by atoms with E-state index in [0.717, 1.165) is 32.1 Å². The lowest BCUT2D eigenvalue weighted by molar-refractivity contribution is -0.126. The van der Waals surface area contributed by atoms with Crippen LogP contribution in [0.25, 0.3) is 0 Å². The van der Waals surface area contributed by atoms with E-state index in [1.54, 1.807) is 10.4 Å². The molecule has 32 heavy (non-hydrogen) atoms. The zero-order valence-corrected chi connectivity index (χ0v) is 19.4. The molecule has 1 heterocycles. The van der Waals surface area contributed by atoms with Gasteiger partial charge in [-0.05, 0) is 73.8 Å². The Kier molecular flexibility index (Phi) is 5.84. The van der Waals surface area contributed by atoms with Gasteiger partial charge in [0.1, 0.15) is 0 Å². The van der Waals surface area contributed by atoms with Crippen LogP contribution in [0, 0.1) is 5.92 Å². The van der Waals surface area contributed by atoms with E-state index in [2.05, 4.69) is 29.6 Å². The van der Waals surface area contributed by atoms with E-state index < -0.39 is 10.0 Å². The molecule has 1 amide bonds. The Morgan fingerprint density at radius 1 is 0.969 bits per heavy atom. The van der Waals surface area contributed by atoms with E-state index >= 15 is 0 Å². The number of benzene rings is 2. The van der Waals surface area contributed by atoms with Crippen molar-refractivity contribution in [1.82, 2.24) is 9.62 Å². The number of carbonyl (C=O) groups excluding carboxylic acids is 1. The number of aryl methyl sites for hydroxylation is 2. The lowest BCUT2D eigenvalue weighted by Gasteiger charge is -2.43. The second-order valence-corrected chi connectivity index (χ2v) is 11.6. The molecule has 0 radical (unpaired) electrons. The van der Waals surface area contributed by atoms with Crippen LogP contribution in [0.1, 0.15) is 55.2 Å². The summed E-state index contributed by atoms with van der Waals surface area (Å²) < 4.78 is 27.9. The molecule has 170 valence electrons. The molecule has 2 aromatic rings. The van der Waals surface area contributed by atoms with Gasteiger partial charge in [0.15, 0.2) is 0 Å². The highest BCUT2D eigenvalue weighted by Crippen LogP contribution is 2.43. The Bertz CT molecular complexity index is 1090. The summed E-state index contributed by atoms with van der Waals surface area (Å²) in [4.78, 5) is 13.3. The zero-order chi connectivity index (χ0) is 22.2. The molecule has 1 aliphatic heterocycles. The maximum atomic E-state index is 13.1. The fraction of sp³-hybridized carbons (Fsp3) is 0.500. The van der Waals surface area contributed by atoms with Crippen molar-refractivity contribution in [2.24, 2.45) is 5.92 Å². The first-order valence-electron chi connectivity index (χ1n) is 11.9. The molecule has 3 aliphatic rings. The molecule has 0 bridgehead atoms. The molecule has 6 heteroatoms. The number of nitrogens with one attached hydrogen (secondary N) is 1. The summed E-state index contributed by atoms with van der Waals surface area (Å²) in [5.74, 6) is -0.0452. The van der Waals surface area contributed by atoms with Gasteiger partial charge >= 0.3 is 0 Å². The molecule has 2 aromatic carbocycles. The molecule has 5 rings (SSSR count). The van der Waals surface area contributed by atoms with Gasteiger partial charge in [0.05, 0.1) is 4.90 Å². The Labute approximate surface area is 191 Å². The summed E-state index contributed by atoms with van der Waals surface area (Å²) in [6, 6.07) is 16.1. The Balaban J connectivity index is 1.18. The molecule has 1 saturated carbocycles. The van der Waals surface area contributed by atoms with E-state index in [9.17, 15) is 13.2 Å². The second kappa shape index (κ2) is 8.64. The van der Waals surface area contributed by atoms with Crippen molar-refractivity contribution in [2.75, 3.05) is 19.6 Å². The Morgan fingerprint density at radius 3 is 2.38 bits per heavy atom. The molecule has 1 saturated heterocycles. The van der Waals surface area contributed by atoms with Gasteiger partial charge in [-0.25, -0.2) is 8.42 Å². The number of piperidine rings is 1. The van der Waals surface area contributed by atoms with Crippen molar-refractivity contribution in [3.8, 4) is 0 Å². The average molecular weight is 453 g/mol. The minimum Gasteiger partial charge on any atom is -0.355 e. The third kappa shape index (κ3) is 3.99. The highest BCUT2D eigenvalue weighted by Gasteiger charge is 2.39. The summed E-state index contributed by atoms with van der Waals surface area (Å²) in [5.41, 5.74) is 3.82. The smallest absolute Gasteiger partial charge is 0.243 e. The van der Waals surface area contributed by atoms with Gasteiger partial charge in [0.25, 0.3) is 0 Å². The van der Waals surface area contributed by atoms with Crippen LogP contribution in [-0.4, -0.2) is 38.3 Å². The number of carbonyl (C=O) groups is 1. The van der Waals surface area contributed by atoms with Crippen LogP contribution < -0.4 is 5.32 Å². The van der Waals surface area contributed by atoms with Crippen LogP contribution in [0.5, 0.6) is 0 Å². The van der Waals surface area contributed by atoms with Crippen molar-refractivity contribution in [3.05, 3.63) is 65.2 Å². The van der Waals surface area contributed by atoms with Crippen LogP contribution in [0.3, 0.4) is 0 Å². The number of hydrogen-bond donors (Lipinski definition) is 1. The molecule has 0 aromatic heterocycles. The third-order valence-corrected chi connectivity index (χ3v) is 9.72. The van der Waals surface area contributed by atoms with E-state index in [-0.39, 0.29) is 17.2 Å². The molecule has 0 atom stereocenters. The van der Waals surface area contributed by atoms with Gasteiger partial charge in [-0.3, -0.25) is 4.79 Å². The largest absolute Gasteiger partial charge is 0.355 e. The normalized spacial score (nSPS) is 21.0. The molecule has 1 N–H and O–H groups in total. The molecule has 2 fully saturated rings. The average Bonchev–Trinajstić information content (AvgIpc) is 3.27. The predicted molar refractivity (Wildman–Crippen MR) is 125 cm³/mol. The molecule has 0 spiro atoms. The number of nitrogens with zero attached hydrogens (tertiary/aromatic N) is 1. The number of amides is 1. The lowest BCUT2D eigenvalue weighted by atomic mass is 9.64. The van der Waals surface area contributed by atoms with Crippen LogP contribution in [0.2, 0.25) is 0 Å². The number of hydrogen-bond acceptors (Lipinski definition) is 3. The molecule has 5 nitrogen and oxygen atoms in total. The van der Waals surface area contributed by atoms with Gasteiger partial charge in [-0.15, -0.1) is 0 Å². The van der Waals surface area contributed by atoms with Gasteiger partial charge < -0.3 is 5.32 Å². The number of fused-ring (bicyclic) bond motifs is 1.